The van der Waals surface area contributed by atoms with Crippen LogP contribution < -0.4 is 5.32 Å². The Morgan fingerprint density at radius 3 is 2.90 bits per heavy atom. The van der Waals surface area contributed by atoms with Gasteiger partial charge in [0.2, 0.25) is 0 Å². The van der Waals surface area contributed by atoms with E-state index in [1.165, 1.54) is 0 Å². The molecule has 4 nitrogen and oxygen atoms in total. The smallest absolute Gasteiger partial charge is 0.253 e. The molecular weight excluding hydrogens is 309 g/mol. The monoisotopic (exact) mass is 327 g/mol. The van der Waals surface area contributed by atoms with Crippen LogP contribution in [-0.2, 0) is 0 Å². The van der Waals surface area contributed by atoms with E-state index in [0.29, 0.717) is 6.04 Å². The van der Waals surface area contributed by atoms with Gasteiger partial charge in [0, 0.05) is 42.8 Å². The molecule has 2 heterocycles. The van der Waals surface area contributed by atoms with Gasteiger partial charge in [-0.05, 0) is 31.2 Å². The predicted octanol–water partition coefficient (Wildman–Crippen LogP) is 2.51. The Morgan fingerprint density at radius 1 is 1.33 bits per heavy atom. The second-order valence-electron chi connectivity index (χ2n) is 5.02. The number of hydrogen-bond acceptors (Lipinski definition) is 3. The van der Waals surface area contributed by atoms with Crippen LogP contribution >= 0.6 is 24.8 Å². The van der Waals surface area contributed by atoms with Crippen LogP contribution in [0.3, 0.4) is 0 Å². The van der Waals surface area contributed by atoms with Gasteiger partial charge in [0.1, 0.15) is 0 Å². The van der Waals surface area contributed by atoms with Crippen LogP contribution in [0.1, 0.15) is 17.3 Å². The first-order valence-corrected chi connectivity index (χ1v) is 6.61. The Hall–Kier alpha value is -1.36. The number of benzene rings is 1. The van der Waals surface area contributed by atoms with Crippen molar-refractivity contribution in [1.29, 1.82) is 0 Å². The molecule has 1 unspecified atom stereocenters. The molecule has 1 fully saturated rings. The lowest BCUT2D eigenvalue weighted by Gasteiger charge is -2.32. The van der Waals surface area contributed by atoms with Crippen LogP contribution in [0.4, 0.5) is 0 Å². The quantitative estimate of drug-likeness (QED) is 0.875. The summed E-state index contributed by atoms with van der Waals surface area (Å²) in [5, 5.41) is 4.35. The molecule has 1 aromatic heterocycles. The lowest BCUT2D eigenvalue weighted by Crippen LogP contribution is -2.51. The van der Waals surface area contributed by atoms with Gasteiger partial charge in [-0.2, -0.15) is 0 Å². The van der Waals surface area contributed by atoms with Gasteiger partial charge in [0.25, 0.3) is 5.91 Å². The normalized spacial score (nSPS) is 17.8. The number of halogens is 2. The number of carbonyl (C=O) groups excluding carboxylic acids is 1. The highest BCUT2D eigenvalue weighted by Crippen LogP contribution is 2.15. The van der Waals surface area contributed by atoms with Crippen LogP contribution in [-0.4, -0.2) is 41.5 Å². The topological polar surface area (TPSA) is 45.2 Å². The highest BCUT2D eigenvalue weighted by atomic mass is 35.5. The van der Waals surface area contributed by atoms with E-state index in [4.69, 9.17) is 0 Å². The molecule has 1 atom stereocenters. The van der Waals surface area contributed by atoms with E-state index in [0.717, 1.165) is 36.1 Å². The molecule has 1 amide bonds. The van der Waals surface area contributed by atoms with Crippen molar-refractivity contribution in [2.24, 2.45) is 0 Å². The molecule has 0 bridgehead atoms. The van der Waals surface area contributed by atoms with Gasteiger partial charge in [-0.3, -0.25) is 9.78 Å². The second-order valence-corrected chi connectivity index (χ2v) is 5.02. The summed E-state index contributed by atoms with van der Waals surface area (Å²) < 4.78 is 0. The van der Waals surface area contributed by atoms with Crippen molar-refractivity contribution >= 4 is 41.6 Å². The predicted molar refractivity (Wildman–Crippen MR) is 89.6 cm³/mol. The molecule has 114 valence electrons. The molecule has 6 heteroatoms. The van der Waals surface area contributed by atoms with E-state index in [-0.39, 0.29) is 30.7 Å². The van der Waals surface area contributed by atoms with Crippen molar-refractivity contribution in [1.82, 2.24) is 15.2 Å². The maximum atomic E-state index is 12.5. The first-order valence-electron chi connectivity index (χ1n) is 6.61. The number of pyridine rings is 1. The molecule has 1 saturated heterocycles. The molecule has 0 radical (unpaired) electrons. The van der Waals surface area contributed by atoms with Crippen LogP contribution in [0.15, 0.2) is 36.5 Å². The number of aromatic nitrogens is 1. The summed E-state index contributed by atoms with van der Waals surface area (Å²) in [5.74, 6) is 0.110. The fourth-order valence-corrected chi connectivity index (χ4v) is 2.51. The first kappa shape index (κ1) is 17.7. The summed E-state index contributed by atoms with van der Waals surface area (Å²) in [6.07, 6.45) is 1.77. The fraction of sp³-hybridized carbons (Fsp3) is 0.333. The SMILES string of the molecule is CC1CN(C(=O)c2ccc3ncccc3c2)CCN1.Cl.Cl. The second kappa shape index (κ2) is 7.59. The van der Waals surface area contributed by atoms with Crippen molar-refractivity contribution < 1.29 is 4.79 Å². The van der Waals surface area contributed by atoms with E-state index >= 15 is 0 Å². The molecule has 1 aromatic carbocycles. The maximum Gasteiger partial charge on any atom is 0.253 e. The van der Waals surface area contributed by atoms with Gasteiger partial charge < -0.3 is 10.2 Å². The summed E-state index contributed by atoms with van der Waals surface area (Å²) in [5.41, 5.74) is 1.67. The average molecular weight is 328 g/mol. The molecule has 0 saturated carbocycles. The van der Waals surface area contributed by atoms with Crippen LogP contribution in [0.5, 0.6) is 0 Å². The van der Waals surface area contributed by atoms with Gasteiger partial charge in [-0.15, -0.1) is 24.8 Å². The Bertz CT molecular complexity index is 621. The molecule has 1 aliphatic rings. The highest BCUT2D eigenvalue weighted by Gasteiger charge is 2.21. The van der Waals surface area contributed by atoms with Crippen molar-refractivity contribution in [3.63, 3.8) is 0 Å². The Labute approximate surface area is 136 Å². The largest absolute Gasteiger partial charge is 0.336 e. The number of piperazine rings is 1. The lowest BCUT2D eigenvalue weighted by atomic mass is 10.1. The van der Waals surface area contributed by atoms with Crippen LogP contribution in [0.25, 0.3) is 10.9 Å². The van der Waals surface area contributed by atoms with Crippen LogP contribution in [0.2, 0.25) is 0 Å². The fourth-order valence-electron chi connectivity index (χ4n) is 2.51. The molecular formula is C15H19Cl2N3O. The molecule has 1 aliphatic heterocycles. The zero-order valence-electron chi connectivity index (χ0n) is 11.8. The number of nitrogens with zero attached hydrogens (tertiary/aromatic N) is 2. The zero-order valence-corrected chi connectivity index (χ0v) is 13.4. The summed E-state index contributed by atoms with van der Waals surface area (Å²) in [6.45, 7) is 4.50. The summed E-state index contributed by atoms with van der Waals surface area (Å²) in [4.78, 5) is 18.7. The van der Waals surface area contributed by atoms with E-state index in [1.807, 2.05) is 35.2 Å². The third-order valence-corrected chi connectivity index (χ3v) is 3.51. The first-order chi connectivity index (χ1) is 9.24. The van der Waals surface area contributed by atoms with E-state index in [2.05, 4.69) is 17.2 Å². The molecule has 0 spiro atoms. The van der Waals surface area contributed by atoms with Crippen molar-refractivity contribution in [2.75, 3.05) is 19.6 Å². The van der Waals surface area contributed by atoms with Crippen LogP contribution in [0, 0.1) is 0 Å². The Balaban J connectivity index is 0.00000110. The number of hydrogen-bond donors (Lipinski definition) is 1. The molecule has 1 N–H and O–H groups in total. The third kappa shape index (κ3) is 3.84. The van der Waals surface area contributed by atoms with Gasteiger partial charge >= 0.3 is 0 Å². The molecule has 21 heavy (non-hydrogen) atoms. The van der Waals surface area contributed by atoms with E-state index in [1.54, 1.807) is 6.20 Å². The van der Waals surface area contributed by atoms with Gasteiger partial charge in [-0.1, -0.05) is 6.07 Å². The number of amides is 1. The highest BCUT2D eigenvalue weighted by molar-refractivity contribution is 5.98. The summed E-state index contributed by atoms with van der Waals surface area (Å²) >= 11 is 0. The minimum atomic E-state index is 0. The van der Waals surface area contributed by atoms with E-state index < -0.39 is 0 Å². The molecule has 2 aromatic rings. The minimum Gasteiger partial charge on any atom is -0.336 e. The van der Waals surface area contributed by atoms with E-state index in [9.17, 15) is 4.79 Å². The molecule has 3 rings (SSSR count). The third-order valence-electron chi connectivity index (χ3n) is 3.51. The average Bonchev–Trinajstić information content (AvgIpc) is 2.46. The van der Waals surface area contributed by atoms with Crippen molar-refractivity contribution in [2.45, 2.75) is 13.0 Å². The number of rotatable bonds is 1. The number of nitrogens with one attached hydrogen (secondary N) is 1. The Kier molecular flexibility index (Phi) is 6.40. The summed E-state index contributed by atoms with van der Waals surface area (Å²) in [6, 6.07) is 9.94. The summed E-state index contributed by atoms with van der Waals surface area (Å²) in [7, 11) is 0. The number of carbonyl (C=O) groups is 1. The standard InChI is InChI=1S/C15H17N3O.2ClH/c1-11-10-18(8-7-16-11)15(19)13-4-5-14-12(9-13)3-2-6-17-14;;/h2-6,9,11,16H,7-8,10H2,1H3;2*1H. The zero-order chi connectivity index (χ0) is 13.2. The van der Waals surface area contributed by atoms with Gasteiger partial charge in [0.05, 0.1) is 5.52 Å². The van der Waals surface area contributed by atoms with Crippen molar-refractivity contribution in [3.8, 4) is 0 Å². The van der Waals surface area contributed by atoms with Crippen molar-refractivity contribution in [3.05, 3.63) is 42.1 Å². The van der Waals surface area contributed by atoms with Gasteiger partial charge in [-0.25, -0.2) is 0 Å². The Morgan fingerprint density at radius 2 is 2.14 bits per heavy atom. The number of fused-ring (bicyclic) bond motifs is 1. The lowest BCUT2D eigenvalue weighted by molar-refractivity contribution is 0.0709. The van der Waals surface area contributed by atoms with Gasteiger partial charge in [0.15, 0.2) is 0 Å². The molecule has 0 aliphatic carbocycles. The minimum absolute atomic E-state index is 0. The maximum absolute atomic E-state index is 12.5.